The molecule has 92 valence electrons. The van der Waals surface area contributed by atoms with Gasteiger partial charge in [0.25, 0.3) is 0 Å². The van der Waals surface area contributed by atoms with Gasteiger partial charge >= 0.3 is 0 Å². The number of nitrogen functional groups attached to an aromatic ring is 1. The summed E-state index contributed by atoms with van der Waals surface area (Å²) in [6, 6.07) is 2.50. The minimum atomic E-state index is -3.63. The highest BCUT2D eigenvalue weighted by molar-refractivity contribution is 9.10. The van der Waals surface area contributed by atoms with Crippen molar-refractivity contribution in [2.24, 2.45) is 0 Å². The highest BCUT2D eigenvalue weighted by Crippen LogP contribution is 2.26. The van der Waals surface area contributed by atoms with Crippen LogP contribution in [0.4, 0.5) is 5.69 Å². The Bertz CT molecular complexity index is 576. The number of halogens is 1. The molecule has 0 aromatic heterocycles. The molecule has 0 saturated heterocycles. The number of benzene rings is 1. The highest BCUT2D eigenvalue weighted by atomic mass is 79.9. The first-order chi connectivity index (χ1) is 7.77. The number of hydrogen-bond donors (Lipinski definition) is 2. The Morgan fingerprint density at radius 3 is 2.65 bits per heavy atom. The van der Waals surface area contributed by atoms with Gasteiger partial charge in [0, 0.05) is 10.2 Å². The lowest BCUT2D eigenvalue weighted by atomic mass is 10.2. The molecule has 1 atom stereocenters. The molecule has 3 N–H and O–H groups in total. The number of nitrogens with one attached hydrogen (secondary N) is 1. The molecule has 0 heterocycles. The minimum absolute atomic E-state index is 0.139. The van der Waals surface area contributed by atoms with Crippen molar-refractivity contribution in [1.29, 1.82) is 0 Å². The number of anilines is 1. The Labute approximate surface area is 110 Å². The molecule has 1 aromatic rings. The molecule has 0 fully saturated rings. The Morgan fingerprint density at radius 2 is 2.12 bits per heavy atom. The van der Waals surface area contributed by atoms with Crippen molar-refractivity contribution in [3.8, 4) is 12.3 Å². The Morgan fingerprint density at radius 1 is 1.53 bits per heavy atom. The van der Waals surface area contributed by atoms with E-state index < -0.39 is 16.1 Å². The molecular weight excluding hydrogens is 304 g/mol. The summed E-state index contributed by atoms with van der Waals surface area (Å²) in [6.07, 6.45) is 5.14. The van der Waals surface area contributed by atoms with E-state index in [2.05, 4.69) is 26.6 Å². The van der Waals surface area contributed by atoms with Crippen molar-refractivity contribution in [2.75, 3.05) is 5.73 Å². The summed E-state index contributed by atoms with van der Waals surface area (Å²) in [4.78, 5) is 0.139. The summed E-state index contributed by atoms with van der Waals surface area (Å²) >= 11 is 3.24. The third kappa shape index (κ3) is 3.22. The Hall–Kier alpha value is -1.03. The maximum absolute atomic E-state index is 12.0. The van der Waals surface area contributed by atoms with Crippen LogP contribution in [-0.4, -0.2) is 14.5 Å². The quantitative estimate of drug-likeness (QED) is 0.657. The van der Waals surface area contributed by atoms with Gasteiger partial charge in [-0.2, -0.15) is 4.72 Å². The van der Waals surface area contributed by atoms with E-state index in [1.807, 2.05) is 0 Å². The summed E-state index contributed by atoms with van der Waals surface area (Å²) in [7, 11) is -3.63. The van der Waals surface area contributed by atoms with Gasteiger partial charge < -0.3 is 5.73 Å². The fourth-order valence-electron chi connectivity index (χ4n) is 1.29. The van der Waals surface area contributed by atoms with Gasteiger partial charge in [0.05, 0.1) is 10.9 Å². The maximum Gasteiger partial charge on any atom is 0.241 e. The molecule has 0 spiro atoms. The van der Waals surface area contributed by atoms with E-state index in [4.69, 9.17) is 12.2 Å². The number of sulfonamides is 1. The van der Waals surface area contributed by atoms with Crippen LogP contribution in [0.1, 0.15) is 12.5 Å². The molecule has 0 bridgehead atoms. The second-order valence-corrected chi connectivity index (χ2v) is 6.19. The molecule has 17 heavy (non-hydrogen) atoms. The second-order valence-electron chi connectivity index (χ2n) is 3.65. The van der Waals surface area contributed by atoms with E-state index >= 15 is 0 Å². The second kappa shape index (κ2) is 5.08. The minimum Gasteiger partial charge on any atom is -0.398 e. The maximum atomic E-state index is 12.0. The number of nitrogens with two attached hydrogens (primary N) is 1. The van der Waals surface area contributed by atoms with Crippen molar-refractivity contribution in [3.05, 3.63) is 22.2 Å². The zero-order chi connectivity index (χ0) is 13.2. The standard InChI is InChI=1S/C11H13BrN2O2S/c1-4-8(3)14-17(15,16)11-6-10(13)9(12)5-7(11)2/h1,5-6,8,14H,13H2,2-3H3. The van der Waals surface area contributed by atoms with Crippen LogP contribution in [0.3, 0.4) is 0 Å². The van der Waals surface area contributed by atoms with Gasteiger partial charge in [-0.3, -0.25) is 0 Å². The van der Waals surface area contributed by atoms with Crippen molar-refractivity contribution >= 4 is 31.6 Å². The largest absolute Gasteiger partial charge is 0.398 e. The first-order valence-electron chi connectivity index (χ1n) is 4.82. The van der Waals surface area contributed by atoms with Gasteiger partial charge in [0.1, 0.15) is 0 Å². The topological polar surface area (TPSA) is 72.2 Å². The van der Waals surface area contributed by atoms with E-state index in [0.29, 0.717) is 15.7 Å². The van der Waals surface area contributed by atoms with Gasteiger partial charge in [-0.05, 0) is 47.5 Å². The third-order valence-electron chi connectivity index (χ3n) is 2.17. The smallest absolute Gasteiger partial charge is 0.241 e. The molecule has 0 radical (unpaired) electrons. The number of terminal acetylenes is 1. The first-order valence-corrected chi connectivity index (χ1v) is 7.09. The SMILES string of the molecule is C#CC(C)NS(=O)(=O)c1cc(N)c(Br)cc1C. The van der Waals surface area contributed by atoms with Gasteiger partial charge in [0.15, 0.2) is 0 Å². The lowest BCUT2D eigenvalue weighted by Gasteiger charge is -2.12. The van der Waals surface area contributed by atoms with Crippen LogP contribution in [0.5, 0.6) is 0 Å². The van der Waals surface area contributed by atoms with Crippen LogP contribution < -0.4 is 10.5 Å². The summed E-state index contributed by atoms with van der Waals surface area (Å²) in [5, 5.41) is 0. The summed E-state index contributed by atoms with van der Waals surface area (Å²) < 4.78 is 27.1. The normalized spacial score (nSPS) is 13.1. The molecule has 1 unspecified atom stereocenters. The summed E-state index contributed by atoms with van der Waals surface area (Å²) in [6.45, 7) is 3.29. The monoisotopic (exact) mass is 316 g/mol. The molecule has 0 aliphatic rings. The average molecular weight is 317 g/mol. The van der Waals surface area contributed by atoms with Crippen LogP contribution in [0.15, 0.2) is 21.5 Å². The Balaban J connectivity index is 3.26. The summed E-state index contributed by atoms with van der Waals surface area (Å²) in [5.74, 6) is 2.31. The molecular formula is C11H13BrN2O2S. The van der Waals surface area contributed by atoms with Crippen molar-refractivity contribution in [3.63, 3.8) is 0 Å². The fraction of sp³-hybridized carbons (Fsp3) is 0.273. The molecule has 0 aliphatic heterocycles. The van der Waals surface area contributed by atoms with E-state index in [9.17, 15) is 8.42 Å². The van der Waals surface area contributed by atoms with E-state index in [1.54, 1.807) is 19.9 Å². The van der Waals surface area contributed by atoms with Crippen LogP contribution in [0, 0.1) is 19.3 Å². The van der Waals surface area contributed by atoms with Gasteiger partial charge in [-0.15, -0.1) is 6.42 Å². The Kier molecular flexibility index (Phi) is 4.20. The van der Waals surface area contributed by atoms with Gasteiger partial charge in [-0.1, -0.05) is 5.92 Å². The lowest BCUT2D eigenvalue weighted by Crippen LogP contribution is -2.31. The highest BCUT2D eigenvalue weighted by Gasteiger charge is 2.19. The van der Waals surface area contributed by atoms with Gasteiger partial charge in [0.2, 0.25) is 10.0 Å². The number of hydrogen-bond acceptors (Lipinski definition) is 3. The predicted molar refractivity (Wildman–Crippen MR) is 71.9 cm³/mol. The van der Waals surface area contributed by atoms with Crippen LogP contribution in [0.2, 0.25) is 0 Å². The van der Waals surface area contributed by atoms with Crippen LogP contribution in [0.25, 0.3) is 0 Å². The molecule has 0 saturated carbocycles. The molecule has 6 heteroatoms. The van der Waals surface area contributed by atoms with Crippen molar-refractivity contribution < 1.29 is 8.42 Å². The number of rotatable bonds is 3. The molecule has 0 amide bonds. The zero-order valence-corrected chi connectivity index (χ0v) is 11.9. The van der Waals surface area contributed by atoms with E-state index in [1.165, 1.54) is 6.07 Å². The van der Waals surface area contributed by atoms with E-state index in [-0.39, 0.29) is 4.90 Å². The fourth-order valence-corrected chi connectivity index (χ4v) is 3.17. The first kappa shape index (κ1) is 14.0. The van der Waals surface area contributed by atoms with Crippen LogP contribution in [-0.2, 0) is 10.0 Å². The lowest BCUT2D eigenvalue weighted by molar-refractivity contribution is 0.577. The molecule has 1 rings (SSSR count). The van der Waals surface area contributed by atoms with E-state index in [0.717, 1.165) is 0 Å². The average Bonchev–Trinajstić information content (AvgIpc) is 2.22. The van der Waals surface area contributed by atoms with Crippen molar-refractivity contribution in [1.82, 2.24) is 4.72 Å². The summed E-state index contributed by atoms with van der Waals surface area (Å²) in [5.41, 5.74) is 6.64. The molecule has 1 aromatic carbocycles. The van der Waals surface area contributed by atoms with Gasteiger partial charge in [-0.25, -0.2) is 8.42 Å². The predicted octanol–water partition coefficient (Wildman–Crippen LogP) is 1.64. The third-order valence-corrected chi connectivity index (χ3v) is 4.54. The van der Waals surface area contributed by atoms with Crippen LogP contribution >= 0.6 is 15.9 Å². The molecule has 0 aliphatic carbocycles. The zero-order valence-electron chi connectivity index (χ0n) is 9.49. The number of aryl methyl sites for hydroxylation is 1. The van der Waals surface area contributed by atoms with Crippen molar-refractivity contribution in [2.45, 2.75) is 24.8 Å². The molecule has 4 nitrogen and oxygen atoms in total.